The quantitative estimate of drug-likeness (QED) is 0.641. The van der Waals surface area contributed by atoms with Crippen LogP contribution >= 0.6 is 12.2 Å². The van der Waals surface area contributed by atoms with Crippen molar-refractivity contribution in [1.82, 2.24) is 14.8 Å². The molecule has 0 saturated heterocycles. The fourth-order valence-electron chi connectivity index (χ4n) is 5.16. The summed E-state index contributed by atoms with van der Waals surface area (Å²) in [5.41, 5.74) is 5.25. The summed E-state index contributed by atoms with van der Waals surface area (Å²) in [5.74, 6) is 1.15. The summed E-state index contributed by atoms with van der Waals surface area (Å²) in [6.45, 7) is 0. The summed E-state index contributed by atoms with van der Waals surface area (Å²) in [7, 11) is 0. The molecule has 0 fully saturated rings. The van der Waals surface area contributed by atoms with E-state index in [9.17, 15) is 4.79 Å². The Morgan fingerprint density at radius 2 is 1.38 bits per heavy atom. The van der Waals surface area contributed by atoms with E-state index in [2.05, 4.69) is 58.6 Å². The van der Waals surface area contributed by atoms with E-state index >= 15 is 0 Å². The van der Waals surface area contributed by atoms with Crippen LogP contribution < -0.4 is 0 Å². The van der Waals surface area contributed by atoms with Gasteiger partial charge in [-0.1, -0.05) is 48.5 Å². The molecule has 4 nitrogen and oxygen atoms in total. The monoisotopic (exact) mass is 331 g/mol. The van der Waals surface area contributed by atoms with Crippen LogP contribution in [0.3, 0.4) is 0 Å². The number of carbonyl (C=O) groups excluding carboxylic acids is 1. The van der Waals surface area contributed by atoms with Crippen LogP contribution in [0.5, 0.6) is 0 Å². The fraction of sp³-hybridized carbons (Fsp3) is 0.211. The molecule has 2 heterocycles. The van der Waals surface area contributed by atoms with Gasteiger partial charge in [0.2, 0.25) is 4.77 Å². The number of nitrogens with one attached hydrogen (secondary N) is 1. The molecular weight excluding hydrogens is 318 g/mol. The Balaban J connectivity index is 1.73. The number of aromatic amines is 1. The lowest BCUT2D eigenvalue weighted by atomic mass is 9.55. The highest BCUT2D eigenvalue weighted by Gasteiger charge is 2.58. The van der Waals surface area contributed by atoms with Crippen LogP contribution in [0.2, 0.25) is 0 Å². The Bertz CT molecular complexity index is 1050. The zero-order valence-corrected chi connectivity index (χ0v) is 13.5. The van der Waals surface area contributed by atoms with E-state index in [1.165, 1.54) is 22.3 Å². The standard InChI is InChI=1S/C19H13N3OS/c23-18-16-14-11-7-3-1-5-9(11)13(10-6-2-4-8-12(10)14)15(16)17-20-19(24)21-22(17)18/h1-8,13-16H,(H,21,24). The molecule has 116 valence electrons. The number of rotatable bonds is 0. The molecule has 5 heteroatoms. The number of aromatic nitrogens is 3. The maximum atomic E-state index is 13.1. The number of fused-ring (bicyclic) bond motifs is 1. The summed E-state index contributed by atoms with van der Waals surface area (Å²) in [5, 5.41) is 2.96. The van der Waals surface area contributed by atoms with Gasteiger partial charge in [-0.3, -0.25) is 9.89 Å². The Hall–Kier alpha value is -2.53. The molecule has 4 aliphatic rings. The van der Waals surface area contributed by atoms with Crippen molar-refractivity contribution in [3.63, 3.8) is 0 Å². The van der Waals surface area contributed by atoms with Crippen molar-refractivity contribution in [2.24, 2.45) is 5.92 Å². The average Bonchev–Trinajstić information content (AvgIpc) is 3.12. The first-order valence-corrected chi connectivity index (χ1v) is 8.57. The first-order valence-electron chi connectivity index (χ1n) is 8.16. The van der Waals surface area contributed by atoms with Crippen LogP contribution in [0.15, 0.2) is 48.5 Å². The summed E-state index contributed by atoms with van der Waals surface area (Å²) in [4.78, 5) is 17.6. The minimum atomic E-state index is -0.0888. The van der Waals surface area contributed by atoms with Gasteiger partial charge in [0, 0.05) is 17.8 Å². The second-order valence-corrected chi connectivity index (χ2v) is 7.21. The van der Waals surface area contributed by atoms with E-state index in [-0.39, 0.29) is 29.6 Å². The molecule has 2 unspecified atom stereocenters. The Labute approximate surface area is 143 Å². The smallest absolute Gasteiger partial charge is 0.251 e. The van der Waals surface area contributed by atoms with Gasteiger partial charge in [0.15, 0.2) is 0 Å². The van der Waals surface area contributed by atoms with Crippen molar-refractivity contribution >= 4 is 18.1 Å². The summed E-state index contributed by atoms with van der Waals surface area (Å²) in [6.07, 6.45) is 0. The summed E-state index contributed by atoms with van der Waals surface area (Å²) < 4.78 is 1.98. The third-order valence-corrected chi connectivity index (χ3v) is 6.08. The van der Waals surface area contributed by atoms with Crippen LogP contribution in [-0.2, 0) is 0 Å². The number of hydrogen-bond acceptors (Lipinski definition) is 3. The normalized spacial score (nSPS) is 28.2. The zero-order chi connectivity index (χ0) is 16.0. The van der Waals surface area contributed by atoms with Gasteiger partial charge in [0.1, 0.15) is 5.82 Å². The number of H-pyrrole nitrogens is 1. The fourth-order valence-corrected chi connectivity index (χ4v) is 5.34. The number of hydrogen-bond donors (Lipinski definition) is 1. The molecule has 3 aliphatic carbocycles. The maximum absolute atomic E-state index is 13.1. The molecule has 1 aliphatic heterocycles. The van der Waals surface area contributed by atoms with E-state index in [1.54, 1.807) is 4.68 Å². The van der Waals surface area contributed by atoms with E-state index in [1.807, 2.05) is 0 Å². The number of carbonyl (C=O) groups is 1. The molecule has 0 amide bonds. The van der Waals surface area contributed by atoms with Crippen molar-refractivity contribution < 1.29 is 4.79 Å². The SMILES string of the molecule is O=C1C2C3c4ccccc4C(c4ccccc43)C2c2nc(=S)[nH]n21. The molecule has 0 spiro atoms. The molecule has 0 radical (unpaired) electrons. The van der Waals surface area contributed by atoms with Crippen LogP contribution in [0.25, 0.3) is 0 Å². The van der Waals surface area contributed by atoms with Crippen molar-refractivity contribution in [2.45, 2.75) is 17.8 Å². The first kappa shape index (κ1) is 12.8. The summed E-state index contributed by atoms with van der Waals surface area (Å²) in [6, 6.07) is 17.1. The summed E-state index contributed by atoms with van der Waals surface area (Å²) >= 11 is 5.17. The second-order valence-electron chi connectivity index (χ2n) is 6.83. The highest BCUT2D eigenvalue weighted by Crippen LogP contribution is 2.63. The van der Waals surface area contributed by atoms with Crippen molar-refractivity contribution in [2.75, 3.05) is 0 Å². The highest BCUT2D eigenvalue weighted by molar-refractivity contribution is 7.71. The zero-order valence-electron chi connectivity index (χ0n) is 12.6. The molecule has 1 N–H and O–H groups in total. The lowest BCUT2D eigenvalue weighted by Crippen LogP contribution is -2.39. The van der Waals surface area contributed by atoms with Crippen LogP contribution in [-0.4, -0.2) is 20.7 Å². The highest BCUT2D eigenvalue weighted by atomic mass is 32.1. The van der Waals surface area contributed by atoms with Gasteiger partial charge in [-0.05, 0) is 34.5 Å². The molecule has 2 bridgehead atoms. The molecule has 3 aromatic rings. The number of nitrogens with zero attached hydrogens (tertiary/aromatic N) is 2. The average molecular weight is 331 g/mol. The molecule has 2 atom stereocenters. The molecule has 0 saturated carbocycles. The molecular formula is C19H13N3OS. The van der Waals surface area contributed by atoms with Gasteiger partial charge in [-0.2, -0.15) is 0 Å². The predicted molar refractivity (Wildman–Crippen MR) is 90.8 cm³/mol. The van der Waals surface area contributed by atoms with Crippen LogP contribution in [0, 0.1) is 10.7 Å². The van der Waals surface area contributed by atoms with Crippen molar-refractivity contribution in [1.29, 1.82) is 0 Å². The topological polar surface area (TPSA) is 50.7 Å². The third kappa shape index (κ3) is 1.30. The van der Waals surface area contributed by atoms with Gasteiger partial charge >= 0.3 is 0 Å². The van der Waals surface area contributed by atoms with Gasteiger partial charge in [-0.15, -0.1) is 0 Å². The molecule has 2 aromatic carbocycles. The minimum Gasteiger partial charge on any atom is -0.272 e. The Kier molecular flexibility index (Phi) is 2.20. The van der Waals surface area contributed by atoms with E-state index in [0.717, 1.165) is 5.82 Å². The van der Waals surface area contributed by atoms with Gasteiger partial charge in [0.25, 0.3) is 5.91 Å². The molecule has 7 rings (SSSR count). The van der Waals surface area contributed by atoms with Crippen LogP contribution in [0.4, 0.5) is 0 Å². The lowest BCUT2D eigenvalue weighted by Gasteiger charge is -2.46. The largest absolute Gasteiger partial charge is 0.272 e. The predicted octanol–water partition coefficient (Wildman–Crippen LogP) is 3.59. The van der Waals surface area contributed by atoms with Gasteiger partial charge in [-0.25, -0.2) is 9.67 Å². The van der Waals surface area contributed by atoms with Crippen LogP contribution in [0.1, 0.15) is 50.6 Å². The maximum Gasteiger partial charge on any atom is 0.251 e. The van der Waals surface area contributed by atoms with E-state index in [0.29, 0.717) is 4.77 Å². The Morgan fingerprint density at radius 3 is 1.92 bits per heavy atom. The first-order chi connectivity index (χ1) is 11.8. The van der Waals surface area contributed by atoms with Gasteiger partial charge in [0.05, 0.1) is 5.92 Å². The van der Waals surface area contributed by atoms with Gasteiger partial charge < -0.3 is 0 Å². The lowest BCUT2D eigenvalue weighted by molar-refractivity contribution is 0.0810. The van der Waals surface area contributed by atoms with E-state index < -0.39 is 0 Å². The third-order valence-electron chi connectivity index (χ3n) is 5.89. The van der Waals surface area contributed by atoms with Crippen molar-refractivity contribution in [3.8, 4) is 0 Å². The Morgan fingerprint density at radius 1 is 0.875 bits per heavy atom. The molecule has 1 aromatic heterocycles. The van der Waals surface area contributed by atoms with E-state index in [4.69, 9.17) is 12.2 Å². The minimum absolute atomic E-state index is 0.0697. The second kappa shape index (κ2) is 4.11. The number of benzene rings is 2. The van der Waals surface area contributed by atoms with Crippen molar-refractivity contribution in [3.05, 3.63) is 81.4 Å². The molecule has 24 heavy (non-hydrogen) atoms.